The molecule has 1 saturated carbocycles. The number of rotatable bonds is 5. The van der Waals surface area contributed by atoms with Gasteiger partial charge >= 0.3 is 0 Å². The van der Waals surface area contributed by atoms with Crippen LogP contribution in [0.15, 0.2) is 48.5 Å². The van der Waals surface area contributed by atoms with Gasteiger partial charge in [0.05, 0.1) is 16.3 Å². The molecule has 7 heteroatoms. The number of hydrogen-bond donors (Lipinski definition) is 2. The average Bonchev–Trinajstić information content (AvgIpc) is 2.70. The fourth-order valence-electron chi connectivity index (χ4n) is 3.23. The summed E-state index contributed by atoms with van der Waals surface area (Å²) in [7, 11) is 0. The number of carbonyl (C=O) groups excluding carboxylic acids is 2. The largest absolute Gasteiger partial charge is 0.324 e. The van der Waals surface area contributed by atoms with Gasteiger partial charge in [-0.15, -0.1) is 0 Å². The van der Waals surface area contributed by atoms with Gasteiger partial charge in [0, 0.05) is 23.6 Å². The van der Waals surface area contributed by atoms with Crippen LogP contribution in [0, 0.1) is 16.0 Å². The van der Waals surface area contributed by atoms with E-state index in [9.17, 15) is 19.7 Å². The van der Waals surface area contributed by atoms with E-state index in [0.717, 1.165) is 25.7 Å². The lowest BCUT2D eigenvalue weighted by Crippen LogP contribution is -2.25. The van der Waals surface area contributed by atoms with E-state index < -0.39 is 10.8 Å². The number of nitro benzene ring substituents is 1. The van der Waals surface area contributed by atoms with Gasteiger partial charge in [-0.3, -0.25) is 19.7 Å². The standard InChI is InChI=1S/C20H21N3O4/c24-19(14-6-2-1-3-7-14)21-17-8-4-5-9-18(17)22-20(25)15-10-12-16(13-11-15)23(26)27/h4-5,8-14H,1-3,6-7H2,(H,21,24)(H,22,25). The van der Waals surface area contributed by atoms with Gasteiger partial charge < -0.3 is 10.6 Å². The van der Waals surface area contributed by atoms with Crippen molar-refractivity contribution in [2.75, 3.05) is 10.6 Å². The van der Waals surface area contributed by atoms with E-state index in [-0.39, 0.29) is 17.5 Å². The number of amides is 2. The minimum Gasteiger partial charge on any atom is -0.324 e. The first-order chi connectivity index (χ1) is 13.0. The minimum atomic E-state index is -0.516. The third kappa shape index (κ3) is 4.69. The molecule has 0 aliphatic heterocycles. The van der Waals surface area contributed by atoms with Crippen LogP contribution in [0.4, 0.5) is 17.1 Å². The smallest absolute Gasteiger partial charge is 0.269 e. The second-order valence-corrected chi connectivity index (χ2v) is 6.63. The Morgan fingerprint density at radius 2 is 1.48 bits per heavy atom. The molecule has 1 aliphatic rings. The zero-order chi connectivity index (χ0) is 19.2. The Kier molecular flexibility index (Phi) is 5.80. The summed E-state index contributed by atoms with van der Waals surface area (Å²) in [6.45, 7) is 0. The van der Waals surface area contributed by atoms with Gasteiger partial charge in [0.1, 0.15) is 0 Å². The summed E-state index contributed by atoms with van der Waals surface area (Å²) in [5.41, 5.74) is 1.26. The second-order valence-electron chi connectivity index (χ2n) is 6.63. The van der Waals surface area contributed by atoms with Gasteiger partial charge in [0.15, 0.2) is 0 Å². The molecule has 1 aliphatic carbocycles. The molecule has 1 fully saturated rings. The van der Waals surface area contributed by atoms with Crippen LogP contribution in [0.5, 0.6) is 0 Å². The van der Waals surface area contributed by atoms with E-state index in [1.165, 1.54) is 30.7 Å². The van der Waals surface area contributed by atoms with Crippen molar-refractivity contribution in [1.82, 2.24) is 0 Å². The van der Waals surface area contributed by atoms with Gasteiger partial charge in [0.2, 0.25) is 5.91 Å². The molecule has 3 rings (SSSR count). The number of nitrogens with one attached hydrogen (secondary N) is 2. The molecule has 0 aromatic heterocycles. The van der Waals surface area contributed by atoms with Gasteiger partial charge in [0.25, 0.3) is 11.6 Å². The van der Waals surface area contributed by atoms with E-state index in [2.05, 4.69) is 10.6 Å². The Labute approximate surface area is 156 Å². The summed E-state index contributed by atoms with van der Waals surface area (Å²) in [6.07, 6.45) is 5.09. The molecule has 2 aromatic carbocycles. The van der Waals surface area contributed by atoms with Crippen LogP contribution < -0.4 is 10.6 Å². The molecule has 27 heavy (non-hydrogen) atoms. The highest BCUT2D eigenvalue weighted by atomic mass is 16.6. The highest BCUT2D eigenvalue weighted by Gasteiger charge is 2.22. The summed E-state index contributed by atoms with van der Waals surface area (Å²) in [4.78, 5) is 35.1. The summed E-state index contributed by atoms with van der Waals surface area (Å²) in [5.74, 6) is -0.409. The zero-order valence-corrected chi connectivity index (χ0v) is 14.8. The fourth-order valence-corrected chi connectivity index (χ4v) is 3.23. The van der Waals surface area contributed by atoms with Crippen molar-refractivity contribution in [2.24, 2.45) is 5.92 Å². The number of hydrogen-bond acceptors (Lipinski definition) is 4. The average molecular weight is 367 g/mol. The molecule has 7 nitrogen and oxygen atoms in total. The third-order valence-corrected chi connectivity index (χ3v) is 4.75. The summed E-state index contributed by atoms with van der Waals surface area (Å²) in [6, 6.07) is 12.4. The molecule has 0 radical (unpaired) electrons. The first-order valence-corrected chi connectivity index (χ1v) is 9.00. The van der Waals surface area contributed by atoms with Crippen molar-refractivity contribution >= 4 is 28.9 Å². The number of carbonyl (C=O) groups is 2. The monoisotopic (exact) mass is 367 g/mol. The van der Waals surface area contributed by atoms with Crippen LogP contribution in [0.1, 0.15) is 42.5 Å². The molecule has 0 saturated heterocycles. The lowest BCUT2D eigenvalue weighted by Gasteiger charge is -2.21. The quantitative estimate of drug-likeness (QED) is 0.605. The van der Waals surface area contributed by atoms with Crippen molar-refractivity contribution < 1.29 is 14.5 Å². The van der Waals surface area contributed by atoms with Crippen LogP contribution in [0.2, 0.25) is 0 Å². The van der Waals surface area contributed by atoms with E-state index in [0.29, 0.717) is 16.9 Å². The van der Waals surface area contributed by atoms with E-state index in [1.807, 2.05) is 0 Å². The highest BCUT2D eigenvalue weighted by molar-refractivity contribution is 6.07. The Bertz CT molecular complexity index is 843. The van der Waals surface area contributed by atoms with Gasteiger partial charge in [-0.1, -0.05) is 31.4 Å². The van der Waals surface area contributed by atoms with Gasteiger partial charge in [-0.25, -0.2) is 0 Å². The number of non-ortho nitro benzene ring substituents is 1. The lowest BCUT2D eigenvalue weighted by molar-refractivity contribution is -0.384. The van der Waals surface area contributed by atoms with Crippen LogP contribution in [-0.2, 0) is 4.79 Å². The van der Waals surface area contributed by atoms with E-state index in [1.54, 1.807) is 24.3 Å². The molecule has 140 valence electrons. The molecule has 0 bridgehead atoms. The molecular weight excluding hydrogens is 346 g/mol. The summed E-state index contributed by atoms with van der Waals surface area (Å²) >= 11 is 0. The van der Waals surface area contributed by atoms with Crippen LogP contribution >= 0.6 is 0 Å². The first-order valence-electron chi connectivity index (χ1n) is 9.00. The molecule has 0 atom stereocenters. The predicted molar refractivity (Wildman–Crippen MR) is 103 cm³/mol. The summed E-state index contributed by atoms with van der Waals surface area (Å²) in [5, 5.41) is 16.4. The van der Waals surface area contributed by atoms with Crippen LogP contribution in [0.25, 0.3) is 0 Å². The van der Waals surface area contributed by atoms with E-state index in [4.69, 9.17) is 0 Å². The number of para-hydroxylation sites is 2. The fraction of sp³-hybridized carbons (Fsp3) is 0.300. The summed E-state index contributed by atoms with van der Waals surface area (Å²) < 4.78 is 0. The molecule has 2 N–H and O–H groups in total. The maximum absolute atomic E-state index is 12.5. The molecule has 0 spiro atoms. The topological polar surface area (TPSA) is 101 Å². The lowest BCUT2D eigenvalue weighted by atomic mass is 9.88. The van der Waals surface area contributed by atoms with Gasteiger partial charge in [-0.05, 0) is 37.1 Å². The molecule has 0 unspecified atom stereocenters. The SMILES string of the molecule is O=C(Nc1ccccc1NC(=O)C1CCCCC1)c1ccc([N+](=O)[O-])cc1. The Hall–Kier alpha value is -3.22. The number of nitro groups is 1. The minimum absolute atomic E-state index is 0.0113. The molecular formula is C20H21N3O4. The highest BCUT2D eigenvalue weighted by Crippen LogP contribution is 2.27. The van der Waals surface area contributed by atoms with Crippen molar-refractivity contribution in [2.45, 2.75) is 32.1 Å². The molecule has 0 heterocycles. The normalized spacial score (nSPS) is 14.4. The second kappa shape index (κ2) is 8.44. The molecule has 2 amide bonds. The third-order valence-electron chi connectivity index (χ3n) is 4.75. The van der Waals surface area contributed by atoms with E-state index >= 15 is 0 Å². The first kappa shape index (κ1) is 18.6. The van der Waals surface area contributed by atoms with Crippen molar-refractivity contribution in [3.05, 3.63) is 64.2 Å². The van der Waals surface area contributed by atoms with Crippen LogP contribution in [-0.4, -0.2) is 16.7 Å². The van der Waals surface area contributed by atoms with Gasteiger partial charge in [-0.2, -0.15) is 0 Å². The maximum atomic E-state index is 12.5. The maximum Gasteiger partial charge on any atom is 0.269 e. The zero-order valence-electron chi connectivity index (χ0n) is 14.8. The number of benzene rings is 2. The Morgan fingerprint density at radius 1 is 0.889 bits per heavy atom. The van der Waals surface area contributed by atoms with Crippen LogP contribution in [0.3, 0.4) is 0 Å². The number of anilines is 2. The Morgan fingerprint density at radius 3 is 2.07 bits per heavy atom. The predicted octanol–water partition coefficient (Wildman–Crippen LogP) is 4.37. The number of nitrogens with zero attached hydrogens (tertiary/aromatic N) is 1. The van der Waals surface area contributed by atoms with Crippen molar-refractivity contribution in [3.63, 3.8) is 0 Å². The van der Waals surface area contributed by atoms with Crippen molar-refractivity contribution in [3.8, 4) is 0 Å². The van der Waals surface area contributed by atoms with Crippen molar-refractivity contribution in [1.29, 1.82) is 0 Å². The molecule has 2 aromatic rings. The Balaban J connectivity index is 1.70.